The Bertz CT molecular complexity index is 310. The second kappa shape index (κ2) is 5.09. The number of hydrogen-bond acceptors (Lipinski definition) is 4. The highest BCUT2D eigenvalue weighted by Crippen LogP contribution is 2.15. The minimum absolute atomic E-state index is 0.652. The van der Waals surface area contributed by atoms with Gasteiger partial charge in [-0.05, 0) is 18.7 Å². The van der Waals surface area contributed by atoms with Crippen molar-refractivity contribution in [3.05, 3.63) is 24.0 Å². The van der Waals surface area contributed by atoms with Gasteiger partial charge in [-0.1, -0.05) is 0 Å². The maximum Gasteiger partial charge on any atom is 0.0642 e. The Labute approximate surface area is 90.0 Å². The third kappa shape index (κ3) is 2.67. The van der Waals surface area contributed by atoms with Crippen molar-refractivity contribution in [2.75, 3.05) is 37.7 Å². The van der Waals surface area contributed by atoms with Crippen LogP contribution in [0.2, 0.25) is 0 Å². The van der Waals surface area contributed by atoms with E-state index in [1.165, 1.54) is 5.69 Å². The van der Waals surface area contributed by atoms with E-state index in [1.807, 2.05) is 12.3 Å². The zero-order valence-corrected chi connectivity index (χ0v) is 8.85. The molecule has 0 aromatic carbocycles. The predicted molar refractivity (Wildman–Crippen MR) is 60.0 cm³/mol. The highest BCUT2D eigenvalue weighted by molar-refractivity contribution is 5.46. The molecule has 0 aliphatic carbocycles. The second-order valence-corrected chi connectivity index (χ2v) is 3.64. The summed E-state index contributed by atoms with van der Waals surface area (Å²) >= 11 is 0. The van der Waals surface area contributed by atoms with Gasteiger partial charge in [0.15, 0.2) is 0 Å². The highest BCUT2D eigenvalue weighted by Gasteiger charge is 2.11. The van der Waals surface area contributed by atoms with E-state index in [-0.39, 0.29) is 0 Å². The molecule has 0 bridgehead atoms. The van der Waals surface area contributed by atoms with Gasteiger partial charge in [0, 0.05) is 37.1 Å². The number of pyridine rings is 1. The first-order valence-corrected chi connectivity index (χ1v) is 5.38. The lowest BCUT2D eigenvalue weighted by atomic mass is 10.2. The Morgan fingerprint density at radius 3 is 2.93 bits per heavy atom. The third-order valence-corrected chi connectivity index (χ3v) is 2.58. The molecule has 2 rings (SSSR count). The lowest BCUT2D eigenvalue weighted by Gasteiger charge is -2.28. The Hall–Kier alpha value is -1.13. The van der Waals surface area contributed by atoms with E-state index in [2.05, 4.69) is 16.0 Å². The monoisotopic (exact) mass is 207 g/mol. The summed E-state index contributed by atoms with van der Waals surface area (Å²) in [5, 5.41) is 0. The molecule has 82 valence electrons. The van der Waals surface area contributed by atoms with Gasteiger partial charge in [0.25, 0.3) is 0 Å². The Kier molecular flexibility index (Phi) is 3.53. The SMILES string of the molecule is NCCc1cc(N2CCOCC2)ccn1. The largest absolute Gasteiger partial charge is 0.378 e. The van der Waals surface area contributed by atoms with E-state index in [9.17, 15) is 0 Å². The van der Waals surface area contributed by atoms with Crippen LogP contribution in [0.4, 0.5) is 5.69 Å². The molecule has 0 radical (unpaired) electrons. The van der Waals surface area contributed by atoms with Crippen LogP contribution in [0.1, 0.15) is 5.69 Å². The van der Waals surface area contributed by atoms with E-state index < -0.39 is 0 Å². The molecule has 0 amide bonds. The zero-order valence-electron chi connectivity index (χ0n) is 8.85. The Balaban J connectivity index is 2.09. The number of hydrogen-bond donors (Lipinski definition) is 1. The average Bonchev–Trinajstić information content (AvgIpc) is 2.31. The molecule has 0 saturated carbocycles. The van der Waals surface area contributed by atoms with Crippen molar-refractivity contribution in [1.29, 1.82) is 0 Å². The van der Waals surface area contributed by atoms with Crippen LogP contribution in [0, 0.1) is 0 Å². The van der Waals surface area contributed by atoms with Gasteiger partial charge in [-0.2, -0.15) is 0 Å². The molecule has 2 N–H and O–H groups in total. The van der Waals surface area contributed by atoms with Crippen LogP contribution in [0.15, 0.2) is 18.3 Å². The van der Waals surface area contributed by atoms with Crippen LogP contribution >= 0.6 is 0 Å². The molecule has 4 heteroatoms. The van der Waals surface area contributed by atoms with E-state index >= 15 is 0 Å². The molecule has 1 aliphatic heterocycles. The van der Waals surface area contributed by atoms with E-state index in [0.717, 1.165) is 38.4 Å². The number of nitrogens with two attached hydrogens (primary N) is 1. The molecule has 0 unspecified atom stereocenters. The quantitative estimate of drug-likeness (QED) is 0.780. The predicted octanol–water partition coefficient (Wildman–Crippen LogP) is 0.419. The van der Waals surface area contributed by atoms with Crippen LogP contribution in [0.25, 0.3) is 0 Å². The Morgan fingerprint density at radius 2 is 2.20 bits per heavy atom. The summed E-state index contributed by atoms with van der Waals surface area (Å²) in [5.41, 5.74) is 7.82. The van der Waals surface area contributed by atoms with Crippen LogP contribution in [0.3, 0.4) is 0 Å². The van der Waals surface area contributed by atoms with Gasteiger partial charge >= 0.3 is 0 Å². The smallest absolute Gasteiger partial charge is 0.0642 e. The van der Waals surface area contributed by atoms with Crippen LogP contribution in [-0.4, -0.2) is 37.8 Å². The third-order valence-electron chi connectivity index (χ3n) is 2.58. The van der Waals surface area contributed by atoms with Crippen molar-refractivity contribution in [1.82, 2.24) is 4.98 Å². The number of anilines is 1. The Morgan fingerprint density at radius 1 is 1.40 bits per heavy atom. The lowest BCUT2D eigenvalue weighted by Crippen LogP contribution is -2.36. The molecule has 1 aromatic rings. The van der Waals surface area contributed by atoms with Crippen LogP contribution < -0.4 is 10.6 Å². The average molecular weight is 207 g/mol. The molecule has 4 nitrogen and oxygen atoms in total. The van der Waals surface area contributed by atoms with Crippen molar-refractivity contribution in [3.63, 3.8) is 0 Å². The molecule has 1 fully saturated rings. The van der Waals surface area contributed by atoms with E-state index in [0.29, 0.717) is 6.54 Å². The van der Waals surface area contributed by atoms with Gasteiger partial charge in [-0.3, -0.25) is 4.98 Å². The van der Waals surface area contributed by atoms with Crippen molar-refractivity contribution >= 4 is 5.69 Å². The molecule has 1 aliphatic rings. The number of aromatic nitrogens is 1. The normalized spacial score (nSPS) is 16.7. The first-order valence-electron chi connectivity index (χ1n) is 5.38. The molecule has 0 atom stereocenters. The zero-order chi connectivity index (χ0) is 10.5. The number of nitrogens with zero attached hydrogens (tertiary/aromatic N) is 2. The maximum atomic E-state index is 5.52. The van der Waals surface area contributed by atoms with Crippen LogP contribution in [0.5, 0.6) is 0 Å². The van der Waals surface area contributed by atoms with Crippen molar-refractivity contribution in [2.45, 2.75) is 6.42 Å². The molecule has 15 heavy (non-hydrogen) atoms. The van der Waals surface area contributed by atoms with Crippen molar-refractivity contribution in [3.8, 4) is 0 Å². The molecule has 1 saturated heterocycles. The van der Waals surface area contributed by atoms with E-state index in [1.54, 1.807) is 0 Å². The van der Waals surface area contributed by atoms with Gasteiger partial charge in [0.2, 0.25) is 0 Å². The van der Waals surface area contributed by atoms with E-state index in [4.69, 9.17) is 10.5 Å². The lowest BCUT2D eigenvalue weighted by molar-refractivity contribution is 0.122. The topological polar surface area (TPSA) is 51.4 Å². The summed E-state index contributed by atoms with van der Waals surface area (Å²) in [6.45, 7) is 4.21. The van der Waals surface area contributed by atoms with Gasteiger partial charge in [0.1, 0.15) is 0 Å². The molecule has 0 spiro atoms. The van der Waals surface area contributed by atoms with Crippen molar-refractivity contribution in [2.24, 2.45) is 5.73 Å². The summed E-state index contributed by atoms with van der Waals surface area (Å²) < 4.78 is 5.32. The number of rotatable bonds is 3. The van der Waals surface area contributed by atoms with Gasteiger partial charge < -0.3 is 15.4 Å². The fraction of sp³-hybridized carbons (Fsp3) is 0.545. The first kappa shape index (κ1) is 10.4. The summed E-state index contributed by atoms with van der Waals surface area (Å²) in [4.78, 5) is 6.61. The van der Waals surface area contributed by atoms with Crippen molar-refractivity contribution < 1.29 is 4.74 Å². The highest BCUT2D eigenvalue weighted by atomic mass is 16.5. The molecule has 1 aromatic heterocycles. The minimum atomic E-state index is 0.652. The molecular weight excluding hydrogens is 190 g/mol. The fourth-order valence-electron chi connectivity index (χ4n) is 1.77. The summed E-state index contributed by atoms with van der Waals surface area (Å²) in [6.07, 6.45) is 2.70. The summed E-state index contributed by atoms with van der Waals surface area (Å²) in [5.74, 6) is 0. The number of ether oxygens (including phenoxy) is 1. The standard InChI is InChI=1S/C11H17N3O/c12-3-1-10-9-11(2-4-13-10)14-5-7-15-8-6-14/h2,4,9H,1,3,5-8,12H2. The summed E-state index contributed by atoms with van der Waals surface area (Å²) in [6, 6.07) is 4.17. The number of morpholine rings is 1. The second-order valence-electron chi connectivity index (χ2n) is 3.64. The summed E-state index contributed by atoms with van der Waals surface area (Å²) in [7, 11) is 0. The first-order chi connectivity index (χ1) is 7.40. The fourth-order valence-corrected chi connectivity index (χ4v) is 1.77. The molecule has 2 heterocycles. The minimum Gasteiger partial charge on any atom is -0.378 e. The van der Waals surface area contributed by atoms with Crippen LogP contribution in [-0.2, 0) is 11.2 Å². The van der Waals surface area contributed by atoms with Gasteiger partial charge in [-0.25, -0.2) is 0 Å². The van der Waals surface area contributed by atoms with Gasteiger partial charge in [-0.15, -0.1) is 0 Å². The maximum absolute atomic E-state index is 5.52. The molecular formula is C11H17N3O. The van der Waals surface area contributed by atoms with Gasteiger partial charge in [0.05, 0.1) is 13.2 Å².